The van der Waals surface area contributed by atoms with Crippen LogP contribution in [0.2, 0.25) is 0 Å². The second kappa shape index (κ2) is 5.42. The lowest BCUT2D eigenvalue weighted by molar-refractivity contribution is -0.140. The van der Waals surface area contributed by atoms with Crippen LogP contribution in [-0.4, -0.2) is 72.2 Å². The second-order valence-corrected chi connectivity index (χ2v) is 3.77. The summed E-state index contributed by atoms with van der Waals surface area (Å²) in [4.78, 5) is 10.6. The van der Waals surface area contributed by atoms with Gasteiger partial charge >= 0.3 is 0 Å². The highest BCUT2D eigenvalue weighted by atomic mass is 28.1. The molecule has 0 spiro atoms. The van der Waals surface area contributed by atoms with Gasteiger partial charge < -0.3 is 30.3 Å². The van der Waals surface area contributed by atoms with E-state index in [0.29, 0.717) is 0 Å². The smallest absolute Gasteiger partial charge is 0.135 e. The molecule has 0 aliphatic heterocycles. The van der Waals surface area contributed by atoms with Crippen LogP contribution in [0.25, 0.3) is 0 Å². The maximum atomic E-state index is 10.6. The fourth-order valence-corrected chi connectivity index (χ4v) is 1.10. The summed E-state index contributed by atoms with van der Waals surface area (Å²) in [5.74, 6) is 0. The van der Waals surface area contributed by atoms with E-state index in [1.54, 1.807) is 0 Å². The second-order valence-electron chi connectivity index (χ2n) is 2.79. The minimum absolute atomic E-state index is 0.0397. The van der Waals surface area contributed by atoms with Gasteiger partial charge in [0.1, 0.15) is 29.8 Å². The fourth-order valence-electron chi connectivity index (χ4n) is 0.763. The molecule has 7 heteroatoms. The number of aliphatic hydroxyl groups excluding tert-OH is 5. The van der Waals surface area contributed by atoms with Gasteiger partial charge in [0.2, 0.25) is 0 Å². The van der Waals surface area contributed by atoms with Crippen molar-refractivity contribution in [2.75, 3.05) is 6.61 Å². The molecular weight excluding hydrogens is 196 g/mol. The van der Waals surface area contributed by atoms with Crippen LogP contribution in [0, 0.1) is 0 Å². The summed E-state index contributed by atoms with van der Waals surface area (Å²) >= 11 is 0. The number of hydrogen-bond acceptors (Lipinski definition) is 6. The first-order valence-electron chi connectivity index (χ1n) is 3.75. The van der Waals surface area contributed by atoms with Crippen LogP contribution in [0.4, 0.5) is 0 Å². The van der Waals surface area contributed by atoms with Crippen LogP contribution in [-0.2, 0) is 4.79 Å². The monoisotopic (exact) mass is 210 g/mol. The van der Waals surface area contributed by atoms with Gasteiger partial charge in [-0.05, 0) is 0 Å². The summed E-state index contributed by atoms with van der Waals surface area (Å²) in [5, 5.41) is 43.8. The average molecular weight is 210 g/mol. The summed E-state index contributed by atoms with van der Waals surface area (Å²) in [5.41, 5.74) is 0. The highest BCUT2D eigenvalue weighted by Gasteiger charge is 2.31. The first-order chi connectivity index (χ1) is 5.91. The number of aliphatic hydroxyl groups is 5. The van der Waals surface area contributed by atoms with Crippen molar-refractivity contribution >= 4 is 15.6 Å². The summed E-state index contributed by atoms with van der Waals surface area (Å²) in [6, 6.07) is 0. The van der Waals surface area contributed by atoms with E-state index in [4.69, 9.17) is 25.5 Å². The fraction of sp³-hybridized carbons (Fsp3) is 0.833. The van der Waals surface area contributed by atoms with Crippen molar-refractivity contribution in [2.45, 2.75) is 24.4 Å². The molecule has 0 aromatic heterocycles. The Morgan fingerprint density at radius 2 is 1.62 bits per heavy atom. The van der Waals surface area contributed by atoms with Crippen LogP contribution in [0.15, 0.2) is 0 Å². The lowest BCUT2D eigenvalue weighted by atomic mass is 10.0. The van der Waals surface area contributed by atoms with Gasteiger partial charge in [-0.1, -0.05) is 0 Å². The average Bonchev–Trinajstić information content (AvgIpc) is 2.12. The lowest BCUT2D eigenvalue weighted by Gasteiger charge is -2.24. The van der Waals surface area contributed by atoms with Crippen molar-refractivity contribution in [3.63, 3.8) is 0 Å². The van der Waals surface area contributed by atoms with Crippen molar-refractivity contribution in [3.8, 4) is 0 Å². The van der Waals surface area contributed by atoms with E-state index in [-0.39, 0.29) is 10.2 Å². The van der Waals surface area contributed by atoms with Gasteiger partial charge in [-0.2, -0.15) is 0 Å². The molecule has 0 radical (unpaired) electrons. The molecule has 4 unspecified atom stereocenters. The molecule has 0 aromatic rings. The zero-order valence-corrected chi connectivity index (χ0v) is 9.16. The summed E-state index contributed by atoms with van der Waals surface area (Å²) < 4.78 is 0. The summed E-state index contributed by atoms with van der Waals surface area (Å²) in [7, 11) is 0.0397. The Bertz CT molecular complexity index is 175. The van der Waals surface area contributed by atoms with Crippen LogP contribution >= 0.6 is 0 Å². The first-order valence-corrected chi connectivity index (χ1v) is 4.75. The molecule has 0 aromatic carbocycles. The highest BCUT2D eigenvalue weighted by Crippen LogP contribution is 2.04. The van der Waals surface area contributed by atoms with Crippen LogP contribution < -0.4 is 0 Å². The van der Waals surface area contributed by atoms with Gasteiger partial charge in [-0.25, -0.2) is 0 Å². The third-order valence-corrected chi connectivity index (χ3v) is 2.26. The van der Waals surface area contributed by atoms with E-state index in [0.717, 1.165) is 0 Å². The molecule has 0 bridgehead atoms. The standard InChI is InChI=1S/C6H14O6Si/c7-1-2(8)3(9)4(10)5(11)6(12)13/h2-5,7-11H,1H2,13H3. The summed E-state index contributed by atoms with van der Waals surface area (Å²) in [6.07, 6.45) is -6.74. The molecule has 0 saturated carbocycles. The van der Waals surface area contributed by atoms with Crippen molar-refractivity contribution in [1.82, 2.24) is 0 Å². The van der Waals surface area contributed by atoms with Gasteiger partial charge in [0.25, 0.3) is 0 Å². The lowest BCUT2D eigenvalue weighted by Crippen LogP contribution is -2.48. The third kappa shape index (κ3) is 3.51. The number of carbonyl (C=O) groups is 1. The van der Waals surface area contributed by atoms with Crippen molar-refractivity contribution in [3.05, 3.63) is 0 Å². The molecule has 0 fully saturated rings. The molecule has 0 aliphatic rings. The molecule has 0 aliphatic carbocycles. The van der Waals surface area contributed by atoms with Crippen molar-refractivity contribution < 1.29 is 30.3 Å². The number of rotatable bonds is 5. The van der Waals surface area contributed by atoms with E-state index in [1.165, 1.54) is 0 Å². The predicted octanol–water partition coefficient (Wildman–Crippen LogP) is -4.69. The van der Waals surface area contributed by atoms with Crippen molar-refractivity contribution in [1.29, 1.82) is 0 Å². The normalized spacial score (nSPS) is 20.7. The minimum atomic E-state index is -1.76. The maximum Gasteiger partial charge on any atom is 0.135 e. The number of carbonyl (C=O) groups excluding carboxylic acids is 1. The zero-order chi connectivity index (χ0) is 10.6. The molecule has 13 heavy (non-hydrogen) atoms. The SMILES string of the molecule is O=C([SiH3])C(O)C(O)C(O)C(O)CO. The Labute approximate surface area is 77.9 Å². The molecule has 0 saturated heterocycles. The largest absolute Gasteiger partial charge is 0.394 e. The Morgan fingerprint density at radius 3 is 1.92 bits per heavy atom. The topological polar surface area (TPSA) is 118 Å². The predicted molar refractivity (Wildman–Crippen MR) is 46.1 cm³/mol. The van der Waals surface area contributed by atoms with Gasteiger partial charge in [0.05, 0.1) is 16.8 Å². The quantitative estimate of drug-likeness (QED) is 0.291. The van der Waals surface area contributed by atoms with Gasteiger partial charge in [0.15, 0.2) is 0 Å². The molecule has 4 atom stereocenters. The maximum absolute atomic E-state index is 10.6. The van der Waals surface area contributed by atoms with Crippen LogP contribution in [0.5, 0.6) is 0 Å². The van der Waals surface area contributed by atoms with Crippen LogP contribution in [0.1, 0.15) is 0 Å². The van der Waals surface area contributed by atoms with Gasteiger partial charge in [-0.15, -0.1) is 0 Å². The zero-order valence-electron chi connectivity index (χ0n) is 7.16. The highest BCUT2D eigenvalue weighted by molar-refractivity contribution is 6.58. The molecule has 78 valence electrons. The first kappa shape index (κ1) is 12.7. The molecule has 0 rings (SSSR count). The molecular formula is C6H14O6Si. The van der Waals surface area contributed by atoms with E-state index in [1.807, 2.05) is 0 Å². The Morgan fingerprint density at radius 1 is 1.15 bits per heavy atom. The summed E-state index contributed by atoms with van der Waals surface area (Å²) in [6.45, 7) is -0.750. The van der Waals surface area contributed by atoms with E-state index in [9.17, 15) is 4.79 Å². The van der Waals surface area contributed by atoms with E-state index >= 15 is 0 Å². The Balaban J connectivity index is 4.24. The minimum Gasteiger partial charge on any atom is -0.394 e. The van der Waals surface area contributed by atoms with Crippen molar-refractivity contribution in [2.24, 2.45) is 0 Å². The van der Waals surface area contributed by atoms with Gasteiger partial charge in [-0.3, -0.25) is 0 Å². The van der Waals surface area contributed by atoms with Gasteiger partial charge in [0, 0.05) is 0 Å². The molecule has 0 amide bonds. The molecule has 0 heterocycles. The third-order valence-electron chi connectivity index (χ3n) is 1.67. The number of hydrogen-bond donors (Lipinski definition) is 5. The Hall–Kier alpha value is -0.313. The van der Waals surface area contributed by atoms with Crippen LogP contribution in [0.3, 0.4) is 0 Å². The Kier molecular flexibility index (Phi) is 5.29. The van der Waals surface area contributed by atoms with E-state index < -0.39 is 36.4 Å². The van der Waals surface area contributed by atoms with E-state index in [2.05, 4.69) is 0 Å². The molecule has 5 N–H and O–H groups in total. The molecule has 6 nitrogen and oxygen atoms in total.